The van der Waals surface area contributed by atoms with Crippen LogP contribution in [0.4, 0.5) is 5.69 Å². The first-order chi connectivity index (χ1) is 14.8. The van der Waals surface area contributed by atoms with E-state index in [1.54, 1.807) is 36.2 Å². The van der Waals surface area contributed by atoms with Crippen LogP contribution in [-0.2, 0) is 19.7 Å². The number of aryl methyl sites for hydroxylation is 2. The average molecular weight is 422 g/mol. The largest absolute Gasteiger partial charge is 0.489 e. The molecule has 0 spiro atoms. The van der Waals surface area contributed by atoms with Crippen LogP contribution in [0.15, 0.2) is 48.5 Å². The molecule has 0 aliphatic rings. The number of nitrogens with zero attached hydrogens (tertiary/aromatic N) is 4. The van der Waals surface area contributed by atoms with E-state index in [4.69, 9.17) is 4.74 Å². The number of nitro benzene ring substituents is 1. The Balaban J connectivity index is 1.66. The van der Waals surface area contributed by atoms with Gasteiger partial charge in [0, 0.05) is 49.1 Å². The Morgan fingerprint density at radius 1 is 1.19 bits per heavy atom. The highest BCUT2D eigenvalue weighted by molar-refractivity contribution is 5.94. The van der Waals surface area contributed by atoms with Crippen LogP contribution in [0.25, 0.3) is 0 Å². The fraction of sp³-hybridized carbons (Fsp3) is 0.304. The second-order valence-electron chi connectivity index (χ2n) is 7.37. The zero-order chi connectivity index (χ0) is 22.5. The van der Waals surface area contributed by atoms with Crippen molar-refractivity contribution < 1.29 is 14.5 Å². The summed E-state index contributed by atoms with van der Waals surface area (Å²) in [6.45, 7) is 7.56. The van der Waals surface area contributed by atoms with E-state index in [2.05, 4.69) is 5.10 Å². The molecule has 0 atom stereocenters. The SMILES string of the molecule is CCn1nc(C)c(CN(C)C(=O)c2cccc(COc3ccc([N+](=O)[O-])cc3)c2)c1C. The topological polar surface area (TPSA) is 90.5 Å². The molecule has 1 amide bonds. The van der Waals surface area contributed by atoms with Crippen molar-refractivity contribution >= 4 is 11.6 Å². The maximum atomic E-state index is 13.0. The van der Waals surface area contributed by atoms with Gasteiger partial charge in [-0.25, -0.2) is 0 Å². The average Bonchev–Trinajstić information content (AvgIpc) is 3.05. The van der Waals surface area contributed by atoms with E-state index in [9.17, 15) is 14.9 Å². The number of rotatable bonds is 8. The number of nitro groups is 1. The minimum Gasteiger partial charge on any atom is -0.489 e. The van der Waals surface area contributed by atoms with Crippen molar-refractivity contribution in [2.45, 2.75) is 40.5 Å². The lowest BCUT2D eigenvalue weighted by Gasteiger charge is -2.18. The molecule has 8 heteroatoms. The third-order valence-electron chi connectivity index (χ3n) is 5.20. The zero-order valence-corrected chi connectivity index (χ0v) is 18.2. The van der Waals surface area contributed by atoms with E-state index < -0.39 is 4.92 Å². The van der Waals surface area contributed by atoms with Crippen LogP contribution in [0.1, 0.15) is 39.8 Å². The molecule has 3 rings (SSSR count). The second kappa shape index (κ2) is 9.42. The Morgan fingerprint density at radius 3 is 2.52 bits per heavy atom. The molecular weight excluding hydrogens is 396 g/mol. The van der Waals surface area contributed by atoms with Crippen LogP contribution in [0, 0.1) is 24.0 Å². The van der Waals surface area contributed by atoms with Gasteiger partial charge in [-0.1, -0.05) is 12.1 Å². The smallest absolute Gasteiger partial charge is 0.269 e. The van der Waals surface area contributed by atoms with Crippen LogP contribution in [0.3, 0.4) is 0 Å². The molecular formula is C23H26N4O4. The van der Waals surface area contributed by atoms with Gasteiger partial charge in [0.25, 0.3) is 11.6 Å². The number of ether oxygens (including phenoxy) is 1. The van der Waals surface area contributed by atoms with Crippen LogP contribution in [0.5, 0.6) is 5.75 Å². The first-order valence-corrected chi connectivity index (χ1v) is 10.0. The van der Waals surface area contributed by atoms with E-state index >= 15 is 0 Å². The molecule has 0 N–H and O–H groups in total. The lowest BCUT2D eigenvalue weighted by molar-refractivity contribution is -0.384. The predicted octanol–water partition coefficient (Wildman–Crippen LogP) is 4.28. The summed E-state index contributed by atoms with van der Waals surface area (Å²) in [4.78, 5) is 24.9. The Morgan fingerprint density at radius 2 is 1.90 bits per heavy atom. The van der Waals surface area contributed by atoms with Crippen molar-refractivity contribution in [3.63, 3.8) is 0 Å². The molecule has 0 unspecified atom stereocenters. The third-order valence-corrected chi connectivity index (χ3v) is 5.20. The monoisotopic (exact) mass is 422 g/mol. The second-order valence-corrected chi connectivity index (χ2v) is 7.37. The van der Waals surface area contributed by atoms with E-state index in [1.165, 1.54) is 12.1 Å². The van der Waals surface area contributed by atoms with Crippen molar-refractivity contribution in [3.05, 3.63) is 86.7 Å². The molecule has 8 nitrogen and oxygen atoms in total. The number of aromatic nitrogens is 2. The van der Waals surface area contributed by atoms with Gasteiger partial charge in [-0.2, -0.15) is 5.10 Å². The van der Waals surface area contributed by atoms with E-state index in [-0.39, 0.29) is 18.2 Å². The molecule has 0 bridgehead atoms. The Labute approximate surface area is 181 Å². The molecule has 0 aliphatic carbocycles. The first-order valence-electron chi connectivity index (χ1n) is 10.0. The van der Waals surface area contributed by atoms with Crippen molar-refractivity contribution in [1.82, 2.24) is 14.7 Å². The molecule has 1 aromatic heterocycles. The Hall–Kier alpha value is -3.68. The van der Waals surface area contributed by atoms with Crippen molar-refractivity contribution in [3.8, 4) is 5.75 Å². The van der Waals surface area contributed by atoms with Crippen LogP contribution >= 0.6 is 0 Å². The van der Waals surface area contributed by atoms with E-state index in [1.807, 2.05) is 37.6 Å². The van der Waals surface area contributed by atoms with E-state index in [0.717, 1.165) is 29.1 Å². The minimum absolute atomic E-state index is 0.0120. The molecule has 31 heavy (non-hydrogen) atoms. The lowest BCUT2D eigenvalue weighted by atomic mass is 10.1. The fourth-order valence-electron chi connectivity index (χ4n) is 3.42. The molecule has 0 radical (unpaired) electrons. The van der Waals surface area contributed by atoms with Crippen molar-refractivity contribution in [2.75, 3.05) is 7.05 Å². The number of hydrogen-bond donors (Lipinski definition) is 0. The van der Waals surface area contributed by atoms with Crippen LogP contribution in [0.2, 0.25) is 0 Å². The lowest BCUT2D eigenvalue weighted by Crippen LogP contribution is -2.26. The van der Waals surface area contributed by atoms with Crippen molar-refractivity contribution in [2.24, 2.45) is 0 Å². The highest BCUT2D eigenvalue weighted by Gasteiger charge is 2.17. The van der Waals surface area contributed by atoms with Gasteiger partial charge < -0.3 is 9.64 Å². The molecule has 0 aliphatic heterocycles. The Kier molecular flexibility index (Phi) is 6.69. The van der Waals surface area contributed by atoms with Crippen LogP contribution < -0.4 is 4.74 Å². The molecule has 0 fully saturated rings. The highest BCUT2D eigenvalue weighted by atomic mass is 16.6. The van der Waals surface area contributed by atoms with Gasteiger partial charge in [0.2, 0.25) is 0 Å². The van der Waals surface area contributed by atoms with Gasteiger partial charge in [0.1, 0.15) is 12.4 Å². The summed E-state index contributed by atoms with van der Waals surface area (Å²) in [6.07, 6.45) is 0. The predicted molar refractivity (Wildman–Crippen MR) is 117 cm³/mol. The normalized spacial score (nSPS) is 10.7. The van der Waals surface area contributed by atoms with Crippen LogP contribution in [-0.4, -0.2) is 32.6 Å². The quantitative estimate of drug-likeness (QED) is 0.399. The standard InChI is InChI=1S/C23H26N4O4/c1-5-26-17(3)22(16(2)24-26)14-25(4)23(28)19-8-6-7-18(13-19)15-31-21-11-9-20(10-12-21)27(29)30/h6-13H,5,14-15H2,1-4H3. The first kappa shape index (κ1) is 22.0. The Bertz CT molecular complexity index is 1090. The fourth-order valence-corrected chi connectivity index (χ4v) is 3.42. The number of carbonyl (C=O) groups excluding carboxylic acids is 1. The molecule has 1 heterocycles. The summed E-state index contributed by atoms with van der Waals surface area (Å²) in [5.74, 6) is 0.443. The van der Waals surface area contributed by atoms with Crippen molar-refractivity contribution in [1.29, 1.82) is 0 Å². The number of amides is 1. The molecule has 0 saturated heterocycles. The molecule has 2 aromatic carbocycles. The summed E-state index contributed by atoms with van der Waals surface area (Å²) in [6, 6.07) is 13.2. The number of carbonyl (C=O) groups is 1. The highest BCUT2D eigenvalue weighted by Crippen LogP contribution is 2.20. The van der Waals surface area contributed by atoms with Gasteiger partial charge in [-0.3, -0.25) is 19.6 Å². The van der Waals surface area contributed by atoms with Gasteiger partial charge in [-0.15, -0.1) is 0 Å². The number of hydrogen-bond acceptors (Lipinski definition) is 5. The summed E-state index contributed by atoms with van der Waals surface area (Å²) in [7, 11) is 1.78. The minimum atomic E-state index is -0.453. The maximum Gasteiger partial charge on any atom is 0.269 e. The summed E-state index contributed by atoms with van der Waals surface area (Å²) >= 11 is 0. The molecule has 3 aromatic rings. The van der Waals surface area contributed by atoms with Gasteiger partial charge in [-0.05, 0) is 50.6 Å². The summed E-state index contributed by atoms with van der Waals surface area (Å²) < 4.78 is 7.65. The maximum absolute atomic E-state index is 13.0. The number of benzene rings is 2. The zero-order valence-electron chi connectivity index (χ0n) is 18.2. The number of non-ortho nitro benzene ring substituents is 1. The summed E-state index contributed by atoms with van der Waals surface area (Å²) in [5.41, 5.74) is 4.50. The van der Waals surface area contributed by atoms with E-state index in [0.29, 0.717) is 17.9 Å². The molecule has 0 saturated carbocycles. The molecule has 162 valence electrons. The van der Waals surface area contributed by atoms with Gasteiger partial charge >= 0.3 is 0 Å². The third kappa shape index (κ3) is 5.09. The van der Waals surface area contributed by atoms with Gasteiger partial charge in [0.15, 0.2) is 0 Å². The summed E-state index contributed by atoms with van der Waals surface area (Å²) in [5, 5.41) is 15.3. The van der Waals surface area contributed by atoms with Gasteiger partial charge in [0.05, 0.1) is 10.6 Å².